The van der Waals surface area contributed by atoms with E-state index in [-0.39, 0.29) is 23.5 Å². The maximum absolute atomic E-state index is 12.4. The fourth-order valence-electron chi connectivity index (χ4n) is 5.18. The number of para-hydroxylation sites is 1. The average Bonchev–Trinajstić information content (AvgIpc) is 3.38. The molecule has 1 atom stereocenters. The summed E-state index contributed by atoms with van der Waals surface area (Å²) in [5.41, 5.74) is 0.962. The first-order valence-electron chi connectivity index (χ1n) is 11.4. The molecule has 1 amide bonds. The minimum atomic E-state index is -0.00154. The van der Waals surface area contributed by atoms with E-state index in [1.165, 1.54) is 5.39 Å². The molecule has 3 fully saturated rings. The van der Waals surface area contributed by atoms with Crippen LogP contribution in [-0.2, 0) is 20.8 Å². The maximum Gasteiger partial charge on any atom is 0.223 e. The lowest BCUT2D eigenvalue weighted by molar-refractivity contribution is -0.129. The molecule has 0 aliphatic carbocycles. The molecule has 1 unspecified atom stereocenters. The summed E-state index contributed by atoms with van der Waals surface area (Å²) in [7, 11) is 0. The van der Waals surface area contributed by atoms with Gasteiger partial charge < -0.3 is 19.2 Å². The minimum absolute atomic E-state index is 0.00154. The average molecular weight is 413 g/mol. The van der Waals surface area contributed by atoms with Gasteiger partial charge in [-0.2, -0.15) is 0 Å². The number of benzene rings is 1. The minimum Gasteiger partial charge on any atom is -0.460 e. The highest BCUT2D eigenvalue weighted by Crippen LogP contribution is 2.39. The number of hydrogen-bond acceptors (Lipinski definition) is 5. The number of ether oxygens (including phenoxy) is 2. The second-order valence-corrected chi connectivity index (χ2v) is 9.12. The van der Waals surface area contributed by atoms with Crippen LogP contribution in [0.25, 0.3) is 11.0 Å². The Morgan fingerprint density at radius 3 is 2.70 bits per heavy atom. The Kier molecular flexibility index (Phi) is 5.81. The zero-order valence-electron chi connectivity index (χ0n) is 17.6. The molecule has 3 aliphatic heterocycles. The molecule has 1 aromatic carbocycles. The van der Waals surface area contributed by atoms with Gasteiger partial charge in [0.25, 0.3) is 0 Å². The van der Waals surface area contributed by atoms with Gasteiger partial charge >= 0.3 is 0 Å². The first-order chi connectivity index (χ1) is 14.7. The van der Waals surface area contributed by atoms with Crippen LogP contribution in [-0.4, -0.2) is 55.4 Å². The van der Waals surface area contributed by atoms with Gasteiger partial charge in [0.15, 0.2) is 0 Å². The molecule has 6 nitrogen and oxygen atoms in total. The summed E-state index contributed by atoms with van der Waals surface area (Å²) in [5.74, 6) is 1.31. The van der Waals surface area contributed by atoms with Gasteiger partial charge in [-0.15, -0.1) is 0 Å². The number of hydrogen-bond donors (Lipinski definition) is 1. The molecule has 0 bridgehead atoms. The van der Waals surface area contributed by atoms with Crippen LogP contribution in [0, 0.1) is 5.92 Å². The number of furan rings is 1. The standard InChI is InChI=1S/C24H32N2O4/c27-23(18-6-13-28-14-7-18)25-16-20-5-8-24(30-20)9-11-26(12-10-24)17-21-15-19-3-1-2-4-22(19)29-21/h1-4,15,18,20H,5-14,16-17H2,(H,25,27). The number of carbonyl (C=O) groups is 1. The van der Waals surface area contributed by atoms with E-state index >= 15 is 0 Å². The Balaban J connectivity index is 1.08. The number of rotatable bonds is 5. The summed E-state index contributed by atoms with van der Waals surface area (Å²) < 4.78 is 17.8. The summed E-state index contributed by atoms with van der Waals surface area (Å²) in [4.78, 5) is 14.8. The second kappa shape index (κ2) is 8.69. The van der Waals surface area contributed by atoms with Crippen LogP contribution in [0.2, 0.25) is 0 Å². The monoisotopic (exact) mass is 412 g/mol. The van der Waals surface area contributed by atoms with Crippen molar-refractivity contribution >= 4 is 16.9 Å². The lowest BCUT2D eigenvalue weighted by Crippen LogP contribution is -2.45. The molecule has 1 aromatic heterocycles. The number of nitrogens with zero attached hydrogens (tertiary/aromatic N) is 1. The first-order valence-corrected chi connectivity index (χ1v) is 11.4. The molecule has 4 heterocycles. The Bertz CT molecular complexity index is 832. The van der Waals surface area contributed by atoms with Crippen molar-refractivity contribution in [2.75, 3.05) is 32.8 Å². The van der Waals surface area contributed by atoms with Crippen LogP contribution >= 0.6 is 0 Å². The van der Waals surface area contributed by atoms with Gasteiger partial charge in [-0.3, -0.25) is 9.69 Å². The van der Waals surface area contributed by atoms with Gasteiger partial charge in [-0.05, 0) is 50.7 Å². The molecule has 2 aromatic rings. The Labute approximate surface area is 177 Å². The van der Waals surface area contributed by atoms with Gasteiger partial charge in [0, 0.05) is 44.2 Å². The molecule has 1 N–H and O–H groups in total. The van der Waals surface area contributed by atoms with Gasteiger partial charge in [0.05, 0.1) is 18.2 Å². The topological polar surface area (TPSA) is 63.9 Å². The number of fused-ring (bicyclic) bond motifs is 1. The molecule has 3 saturated heterocycles. The van der Waals surface area contributed by atoms with E-state index in [1.54, 1.807) is 0 Å². The number of likely N-dealkylation sites (tertiary alicyclic amines) is 1. The maximum atomic E-state index is 12.4. The van der Waals surface area contributed by atoms with Crippen molar-refractivity contribution in [1.29, 1.82) is 0 Å². The van der Waals surface area contributed by atoms with Crippen molar-refractivity contribution in [3.63, 3.8) is 0 Å². The zero-order chi connectivity index (χ0) is 20.4. The van der Waals surface area contributed by atoms with Crippen LogP contribution in [0.3, 0.4) is 0 Å². The van der Waals surface area contributed by atoms with Crippen LogP contribution in [0.1, 0.15) is 44.3 Å². The third-order valence-corrected chi connectivity index (χ3v) is 7.06. The molecule has 3 aliphatic rings. The van der Waals surface area contributed by atoms with Crippen LogP contribution < -0.4 is 5.32 Å². The second-order valence-electron chi connectivity index (χ2n) is 9.12. The Morgan fingerprint density at radius 2 is 1.90 bits per heavy atom. The number of carbonyl (C=O) groups excluding carboxylic acids is 1. The highest BCUT2D eigenvalue weighted by atomic mass is 16.5. The van der Waals surface area contributed by atoms with Gasteiger partial charge in [-0.25, -0.2) is 0 Å². The summed E-state index contributed by atoms with van der Waals surface area (Å²) in [5, 5.41) is 4.30. The summed E-state index contributed by atoms with van der Waals surface area (Å²) in [6, 6.07) is 10.3. The van der Waals surface area contributed by atoms with Gasteiger partial charge in [-0.1, -0.05) is 18.2 Å². The van der Waals surface area contributed by atoms with Gasteiger partial charge in [0.1, 0.15) is 11.3 Å². The van der Waals surface area contributed by atoms with E-state index in [4.69, 9.17) is 13.9 Å². The summed E-state index contributed by atoms with van der Waals surface area (Å²) in [6.07, 6.45) is 6.07. The van der Waals surface area contributed by atoms with Gasteiger partial charge in [0.2, 0.25) is 5.91 Å². The van der Waals surface area contributed by atoms with E-state index in [1.807, 2.05) is 18.2 Å². The third-order valence-electron chi connectivity index (χ3n) is 7.06. The fourth-order valence-corrected chi connectivity index (χ4v) is 5.18. The molecular formula is C24H32N2O4. The predicted molar refractivity (Wildman–Crippen MR) is 114 cm³/mol. The van der Waals surface area contributed by atoms with Crippen molar-refractivity contribution in [1.82, 2.24) is 10.2 Å². The van der Waals surface area contributed by atoms with Crippen molar-refractivity contribution in [3.8, 4) is 0 Å². The summed E-state index contributed by atoms with van der Waals surface area (Å²) >= 11 is 0. The number of nitrogens with one attached hydrogen (secondary N) is 1. The SMILES string of the molecule is O=C(NCC1CCC2(CCN(Cc3cc4ccccc4o3)CC2)O1)C1CCOCC1. The quantitative estimate of drug-likeness (QED) is 0.815. The molecule has 162 valence electrons. The first kappa shape index (κ1) is 20.0. The van der Waals surface area contributed by atoms with Crippen molar-refractivity contribution in [2.24, 2.45) is 5.92 Å². The number of amides is 1. The lowest BCUT2D eigenvalue weighted by atomic mass is 9.88. The highest BCUT2D eigenvalue weighted by Gasteiger charge is 2.42. The van der Waals surface area contributed by atoms with Crippen molar-refractivity contribution in [3.05, 3.63) is 36.1 Å². The molecular weight excluding hydrogens is 380 g/mol. The molecule has 1 spiro atoms. The van der Waals surface area contributed by atoms with E-state index in [2.05, 4.69) is 22.3 Å². The highest BCUT2D eigenvalue weighted by molar-refractivity contribution is 5.78. The van der Waals surface area contributed by atoms with Crippen molar-refractivity contribution in [2.45, 2.75) is 56.8 Å². The zero-order valence-corrected chi connectivity index (χ0v) is 17.6. The van der Waals surface area contributed by atoms with E-state index in [9.17, 15) is 4.79 Å². The molecule has 5 rings (SSSR count). The van der Waals surface area contributed by atoms with E-state index in [0.29, 0.717) is 19.8 Å². The number of piperidine rings is 1. The van der Waals surface area contributed by atoms with Crippen LogP contribution in [0.4, 0.5) is 0 Å². The molecule has 30 heavy (non-hydrogen) atoms. The fraction of sp³-hybridized carbons (Fsp3) is 0.625. The smallest absolute Gasteiger partial charge is 0.223 e. The van der Waals surface area contributed by atoms with Crippen molar-refractivity contribution < 1.29 is 18.7 Å². The molecule has 0 saturated carbocycles. The lowest BCUT2D eigenvalue weighted by Gasteiger charge is -2.39. The predicted octanol–water partition coefficient (Wildman–Crippen LogP) is 3.49. The molecule has 6 heteroatoms. The normalized spacial score (nSPS) is 25.1. The largest absolute Gasteiger partial charge is 0.460 e. The Morgan fingerprint density at radius 1 is 1.10 bits per heavy atom. The third kappa shape index (κ3) is 4.41. The Hall–Kier alpha value is -1.89. The summed E-state index contributed by atoms with van der Waals surface area (Å²) in [6.45, 7) is 4.95. The molecule has 0 radical (unpaired) electrons. The van der Waals surface area contributed by atoms with E-state index in [0.717, 1.165) is 69.5 Å². The van der Waals surface area contributed by atoms with Crippen LogP contribution in [0.5, 0.6) is 0 Å². The van der Waals surface area contributed by atoms with E-state index < -0.39 is 0 Å². The van der Waals surface area contributed by atoms with Crippen LogP contribution in [0.15, 0.2) is 34.7 Å².